The second-order valence-corrected chi connectivity index (χ2v) is 6.33. The van der Waals surface area contributed by atoms with Gasteiger partial charge in [-0.05, 0) is 36.1 Å². The van der Waals surface area contributed by atoms with E-state index in [1.807, 2.05) is 18.2 Å². The number of nitrogens with zero attached hydrogens (tertiary/aromatic N) is 2. The Morgan fingerprint density at radius 3 is 2.60 bits per heavy atom. The van der Waals surface area contributed by atoms with Crippen LogP contribution in [0, 0.1) is 5.95 Å². The molecule has 1 aromatic carbocycles. The quantitative estimate of drug-likeness (QED) is 0.816. The molecule has 1 saturated heterocycles. The third-order valence-corrected chi connectivity index (χ3v) is 4.50. The highest BCUT2D eigenvalue weighted by molar-refractivity contribution is 5.93. The van der Waals surface area contributed by atoms with Gasteiger partial charge in [-0.15, -0.1) is 0 Å². The molecule has 0 radical (unpaired) electrons. The van der Waals surface area contributed by atoms with Crippen molar-refractivity contribution in [2.24, 2.45) is 0 Å². The molecule has 1 aliphatic rings. The number of benzene rings is 1. The number of likely N-dealkylation sites (tertiary alicyclic amines) is 1. The van der Waals surface area contributed by atoms with Crippen molar-refractivity contribution in [2.45, 2.75) is 32.0 Å². The van der Waals surface area contributed by atoms with Crippen LogP contribution in [-0.4, -0.2) is 40.1 Å². The molecule has 0 unspecified atom stereocenters. The zero-order valence-electron chi connectivity index (χ0n) is 14.0. The van der Waals surface area contributed by atoms with Gasteiger partial charge in [0.2, 0.25) is 5.95 Å². The Balaban J connectivity index is 1.60. The summed E-state index contributed by atoms with van der Waals surface area (Å²) >= 11 is 0. The number of hydrogen-bond donors (Lipinski definition) is 2. The molecule has 1 fully saturated rings. The monoisotopic (exact) mass is 343 g/mol. The number of carbonyl (C=O) groups excluding carboxylic acids is 1. The number of halogens is 1. The van der Waals surface area contributed by atoms with Crippen molar-refractivity contribution in [3.63, 3.8) is 0 Å². The molecule has 2 heterocycles. The molecular formula is C19H22FN3O2. The first-order valence-corrected chi connectivity index (χ1v) is 8.49. The summed E-state index contributed by atoms with van der Waals surface area (Å²) in [5.41, 5.74) is 2.55. The Bertz CT molecular complexity index is 713. The number of aliphatic hydroxyl groups excluding tert-OH is 1. The molecule has 3 rings (SSSR count). The van der Waals surface area contributed by atoms with Gasteiger partial charge in [0.15, 0.2) is 0 Å². The topological polar surface area (TPSA) is 65.5 Å². The van der Waals surface area contributed by atoms with Gasteiger partial charge in [0.1, 0.15) is 0 Å². The minimum absolute atomic E-state index is 0.185. The predicted molar refractivity (Wildman–Crippen MR) is 92.3 cm³/mol. The number of carbonyl (C=O) groups is 1. The fraction of sp³-hybridized carbons (Fsp3) is 0.368. The molecule has 0 saturated carbocycles. The van der Waals surface area contributed by atoms with Gasteiger partial charge in [-0.2, -0.15) is 4.39 Å². The van der Waals surface area contributed by atoms with Gasteiger partial charge in [-0.3, -0.25) is 9.69 Å². The standard InChI is InChI=1S/C19H22FN3O2/c20-18-6-5-15(12-21-18)19(25)22-11-14-3-1-2-4-16(14)13-23-9-7-17(24)8-10-23/h1-6,12,17,24H,7-11,13H2,(H,22,25). The highest BCUT2D eigenvalue weighted by Gasteiger charge is 2.18. The zero-order chi connectivity index (χ0) is 17.6. The van der Waals surface area contributed by atoms with Gasteiger partial charge >= 0.3 is 0 Å². The van der Waals surface area contributed by atoms with E-state index in [-0.39, 0.29) is 12.0 Å². The highest BCUT2D eigenvalue weighted by atomic mass is 19.1. The summed E-state index contributed by atoms with van der Waals surface area (Å²) in [5.74, 6) is -0.878. The van der Waals surface area contributed by atoms with Crippen LogP contribution in [0.4, 0.5) is 4.39 Å². The fourth-order valence-corrected chi connectivity index (χ4v) is 2.99. The van der Waals surface area contributed by atoms with E-state index in [4.69, 9.17) is 0 Å². The average Bonchev–Trinajstić information content (AvgIpc) is 2.63. The van der Waals surface area contributed by atoms with Crippen molar-refractivity contribution in [3.05, 3.63) is 65.2 Å². The molecule has 0 atom stereocenters. The van der Waals surface area contributed by atoms with Crippen LogP contribution < -0.4 is 5.32 Å². The Hall–Kier alpha value is -2.31. The summed E-state index contributed by atoms with van der Waals surface area (Å²) in [6.45, 7) is 2.96. The van der Waals surface area contributed by atoms with Crippen molar-refractivity contribution in [1.82, 2.24) is 15.2 Å². The minimum Gasteiger partial charge on any atom is -0.393 e. The molecule has 0 spiro atoms. The lowest BCUT2D eigenvalue weighted by molar-refractivity contribution is 0.0790. The first kappa shape index (κ1) is 17.5. The largest absolute Gasteiger partial charge is 0.393 e. The zero-order valence-corrected chi connectivity index (χ0v) is 14.0. The van der Waals surface area contributed by atoms with Gasteiger partial charge in [-0.25, -0.2) is 4.98 Å². The Kier molecular flexibility index (Phi) is 5.73. The smallest absolute Gasteiger partial charge is 0.253 e. The maximum absolute atomic E-state index is 12.8. The maximum atomic E-state index is 12.8. The van der Waals surface area contributed by atoms with Gasteiger partial charge in [-0.1, -0.05) is 24.3 Å². The lowest BCUT2D eigenvalue weighted by Gasteiger charge is -2.30. The number of piperidine rings is 1. The molecule has 1 aromatic heterocycles. The van der Waals surface area contributed by atoms with Crippen LogP contribution in [0.25, 0.3) is 0 Å². The number of pyridine rings is 1. The average molecular weight is 343 g/mol. The van der Waals surface area contributed by atoms with E-state index >= 15 is 0 Å². The summed E-state index contributed by atoms with van der Waals surface area (Å²) in [7, 11) is 0. The molecule has 2 aromatic rings. The number of aromatic nitrogens is 1. The van der Waals surface area contributed by atoms with E-state index in [9.17, 15) is 14.3 Å². The normalized spacial score (nSPS) is 15.9. The fourth-order valence-electron chi connectivity index (χ4n) is 2.99. The van der Waals surface area contributed by atoms with Crippen LogP contribution >= 0.6 is 0 Å². The molecule has 0 aliphatic carbocycles. The van der Waals surface area contributed by atoms with Crippen molar-refractivity contribution in [2.75, 3.05) is 13.1 Å². The summed E-state index contributed by atoms with van der Waals surface area (Å²) in [5, 5.41) is 12.5. The van der Waals surface area contributed by atoms with Crippen molar-refractivity contribution in [3.8, 4) is 0 Å². The molecule has 1 amide bonds. The second kappa shape index (κ2) is 8.18. The third-order valence-electron chi connectivity index (χ3n) is 4.50. The number of nitrogens with one attached hydrogen (secondary N) is 1. The maximum Gasteiger partial charge on any atom is 0.253 e. The minimum atomic E-state index is -0.603. The first-order valence-electron chi connectivity index (χ1n) is 8.49. The summed E-state index contributed by atoms with van der Waals surface area (Å²) in [4.78, 5) is 18.0. The SMILES string of the molecule is O=C(NCc1ccccc1CN1CCC(O)CC1)c1ccc(F)nc1. The van der Waals surface area contributed by atoms with E-state index in [1.54, 1.807) is 0 Å². The van der Waals surface area contributed by atoms with Crippen molar-refractivity contribution < 1.29 is 14.3 Å². The summed E-state index contributed by atoms with van der Waals surface area (Å²) < 4.78 is 12.8. The van der Waals surface area contributed by atoms with E-state index in [0.717, 1.165) is 43.6 Å². The molecule has 2 N–H and O–H groups in total. The molecular weight excluding hydrogens is 321 g/mol. The second-order valence-electron chi connectivity index (χ2n) is 6.33. The molecule has 25 heavy (non-hydrogen) atoms. The van der Waals surface area contributed by atoms with E-state index in [2.05, 4.69) is 21.3 Å². The lowest BCUT2D eigenvalue weighted by atomic mass is 10.0. The third kappa shape index (κ3) is 4.84. The number of amides is 1. The predicted octanol–water partition coefficient (Wildman–Crippen LogP) is 2.11. The Labute approximate surface area is 146 Å². The molecule has 1 aliphatic heterocycles. The number of aliphatic hydroxyl groups is 1. The Morgan fingerprint density at radius 2 is 1.92 bits per heavy atom. The summed E-state index contributed by atoms with van der Waals surface area (Å²) in [6.07, 6.45) is 2.65. The Morgan fingerprint density at radius 1 is 1.20 bits per heavy atom. The van der Waals surface area contributed by atoms with E-state index in [0.29, 0.717) is 12.1 Å². The van der Waals surface area contributed by atoms with Gasteiger partial charge < -0.3 is 10.4 Å². The van der Waals surface area contributed by atoms with Crippen LogP contribution in [0.15, 0.2) is 42.6 Å². The number of hydrogen-bond acceptors (Lipinski definition) is 4. The lowest BCUT2D eigenvalue weighted by Crippen LogP contribution is -2.35. The van der Waals surface area contributed by atoms with Gasteiger partial charge in [0.25, 0.3) is 5.91 Å². The van der Waals surface area contributed by atoms with E-state index < -0.39 is 5.95 Å². The van der Waals surface area contributed by atoms with Gasteiger partial charge in [0.05, 0.1) is 11.7 Å². The molecule has 6 heteroatoms. The van der Waals surface area contributed by atoms with Gasteiger partial charge in [0, 0.05) is 32.4 Å². The van der Waals surface area contributed by atoms with Crippen molar-refractivity contribution >= 4 is 5.91 Å². The first-order chi connectivity index (χ1) is 12.1. The van der Waals surface area contributed by atoms with Crippen LogP contribution in [0.5, 0.6) is 0 Å². The van der Waals surface area contributed by atoms with E-state index in [1.165, 1.54) is 18.3 Å². The molecule has 5 nitrogen and oxygen atoms in total. The van der Waals surface area contributed by atoms with Crippen LogP contribution in [0.2, 0.25) is 0 Å². The van der Waals surface area contributed by atoms with Crippen LogP contribution in [-0.2, 0) is 13.1 Å². The number of rotatable bonds is 5. The molecule has 132 valence electrons. The highest BCUT2D eigenvalue weighted by Crippen LogP contribution is 2.16. The molecule has 0 bridgehead atoms. The van der Waals surface area contributed by atoms with Crippen molar-refractivity contribution in [1.29, 1.82) is 0 Å². The van der Waals surface area contributed by atoms with Crippen LogP contribution in [0.1, 0.15) is 34.3 Å². The summed E-state index contributed by atoms with van der Waals surface area (Å²) in [6, 6.07) is 10.6. The van der Waals surface area contributed by atoms with Crippen LogP contribution in [0.3, 0.4) is 0 Å².